The molecule has 4 aromatic carbocycles. The fraction of sp³-hybridized carbons (Fsp3) is 0.171. The summed E-state index contributed by atoms with van der Waals surface area (Å²) in [6.45, 7) is 0.512. The summed E-state index contributed by atoms with van der Waals surface area (Å²) < 4.78 is 11.2. The van der Waals surface area contributed by atoms with E-state index in [4.69, 9.17) is 26.4 Å². The SMILES string of the molecule is C#CCOc1cc2cc(N(C)C)ccc2cc1C=O.CN(C)c1ccc2cc3c(cc2c1)OCC(C=C(C#N)C#N)=C3. The number of rotatable bonds is 6. The number of carbonyl (C=O) groups excluding carboxylic acids is 1. The average Bonchev–Trinajstić information content (AvgIpc) is 3.00. The molecule has 0 aromatic heterocycles. The minimum Gasteiger partial charge on any atom is -0.488 e. The van der Waals surface area contributed by atoms with Crippen LogP contribution in [-0.4, -0.2) is 47.7 Å². The number of carbonyl (C=O) groups is 1. The van der Waals surface area contributed by atoms with E-state index in [1.165, 1.54) is 0 Å². The zero-order chi connectivity index (χ0) is 30.2. The number of anilines is 2. The zero-order valence-corrected chi connectivity index (χ0v) is 24.0. The highest BCUT2D eigenvalue weighted by Gasteiger charge is 2.13. The van der Waals surface area contributed by atoms with E-state index in [1.54, 1.807) is 6.08 Å². The Labute approximate surface area is 246 Å². The van der Waals surface area contributed by atoms with Crippen LogP contribution in [0.3, 0.4) is 0 Å². The molecule has 1 aliphatic heterocycles. The lowest BCUT2D eigenvalue weighted by Gasteiger charge is -2.18. The van der Waals surface area contributed by atoms with Crippen molar-refractivity contribution in [2.45, 2.75) is 0 Å². The molecule has 4 aromatic rings. The molecule has 0 saturated carbocycles. The first kappa shape index (κ1) is 29.3. The second-order valence-electron chi connectivity index (χ2n) is 10.0. The Morgan fingerprint density at radius 1 is 0.905 bits per heavy atom. The van der Waals surface area contributed by atoms with E-state index in [1.807, 2.05) is 87.7 Å². The summed E-state index contributed by atoms with van der Waals surface area (Å²) in [5.74, 6) is 3.74. The normalized spacial score (nSPS) is 11.2. The maximum atomic E-state index is 11.1. The third kappa shape index (κ3) is 6.70. The van der Waals surface area contributed by atoms with Crippen LogP contribution in [0.2, 0.25) is 0 Å². The van der Waals surface area contributed by atoms with Crippen molar-refractivity contribution in [3.05, 3.63) is 89.0 Å². The van der Waals surface area contributed by atoms with Gasteiger partial charge in [-0.2, -0.15) is 10.5 Å². The fourth-order valence-electron chi connectivity index (χ4n) is 4.46. The van der Waals surface area contributed by atoms with Crippen LogP contribution in [0.4, 0.5) is 11.4 Å². The molecule has 42 heavy (non-hydrogen) atoms. The Bertz CT molecular complexity index is 1830. The van der Waals surface area contributed by atoms with Gasteiger partial charge in [0.05, 0.1) is 5.56 Å². The summed E-state index contributed by atoms with van der Waals surface area (Å²) in [6.07, 6.45) is 9.49. The topological polar surface area (TPSA) is 89.6 Å². The molecule has 0 spiro atoms. The zero-order valence-electron chi connectivity index (χ0n) is 24.0. The smallest absolute Gasteiger partial charge is 0.153 e. The highest BCUT2D eigenvalue weighted by molar-refractivity contribution is 5.94. The lowest BCUT2D eigenvalue weighted by Crippen LogP contribution is -2.08. The van der Waals surface area contributed by atoms with Crippen LogP contribution in [0, 0.1) is 35.0 Å². The first-order chi connectivity index (χ1) is 20.3. The molecule has 0 amide bonds. The predicted molar refractivity (Wildman–Crippen MR) is 169 cm³/mol. The van der Waals surface area contributed by atoms with Crippen LogP contribution < -0.4 is 19.3 Å². The molecule has 208 valence electrons. The van der Waals surface area contributed by atoms with Gasteiger partial charge in [0, 0.05) is 45.1 Å². The molecule has 0 unspecified atom stereocenters. The number of ether oxygens (including phenoxy) is 2. The summed E-state index contributed by atoms with van der Waals surface area (Å²) >= 11 is 0. The third-order valence-corrected chi connectivity index (χ3v) is 6.68. The number of aldehydes is 1. The van der Waals surface area contributed by atoms with Crippen LogP contribution in [0.25, 0.3) is 27.6 Å². The highest BCUT2D eigenvalue weighted by Crippen LogP contribution is 2.33. The highest BCUT2D eigenvalue weighted by atomic mass is 16.5. The lowest BCUT2D eigenvalue weighted by atomic mass is 10.0. The monoisotopic (exact) mass is 554 g/mol. The van der Waals surface area contributed by atoms with E-state index in [0.29, 0.717) is 17.9 Å². The Morgan fingerprint density at radius 2 is 1.52 bits per heavy atom. The minimum absolute atomic E-state index is 0.0831. The summed E-state index contributed by atoms with van der Waals surface area (Å²) in [5, 5.41) is 22.0. The van der Waals surface area contributed by atoms with E-state index in [-0.39, 0.29) is 12.2 Å². The van der Waals surface area contributed by atoms with Gasteiger partial charge >= 0.3 is 0 Å². The van der Waals surface area contributed by atoms with E-state index in [0.717, 1.165) is 56.1 Å². The number of terminal acetylenes is 1. The Kier molecular flexibility index (Phi) is 9.13. The van der Waals surface area contributed by atoms with Gasteiger partial charge in [-0.1, -0.05) is 18.1 Å². The molecular weight excluding hydrogens is 524 g/mol. The molecule has 1 heterocycles. The quantitative estimate of drug-likeness (QED) is 0.155. The molecular formula is C35H30N4O3. The first-order valence-corrected chi connectivity index (χ1v) is 13.1. The molecule has 5 rings (SSSR count). The van der Waals surface area contributed by atoms with E-state index < -0.39 is 0 Å². The van der Waals surface area contributed by atoms with Crippen molar-refractivity contribution in [3.8, 4) is 36.0 Å². The summed E-state index contributed by atoms with van der Waals surface area (Å²) in [4.78, 5) is 15.2. The van der Waals surface area contributed by atoms with E-state index in [9.17, 15) is 4.79 Å². The largest absolute Gasteiger partial charge is 0.488 e. The summed E-state index contributed by atoms with van der Waals surface area (Å²) in [7, 11) is 7.99. The standard InChI is InChI=1S/C19H15N3O.C16H15NO2/c1-22(2)18-4-3-15-7-17-6-13(5-14(10-20)11-21)12-23-19(17)9-16(15)8-18;1-4-7-19-16-10-13-9-15(17(2)3)6-5-12(13)8-14(16)11-18/h3-9H,12H2,1-2H3;1,5-6,8-11H,7H2,2-3H3. The molecule has 0 atom stereocenters. The average molecular weight is 555 g/mol. The van der Waals surface area contributed by atoms with Crippen LogP contribution in [-0.2, 0) is 0 Å². The number of fused-ring (bicyclic) bond motifs is 3. The van der Waals surface area contributed by atoms with Gasteiger partial charge in [0.1, 0.15) is 42.4 Å². The van der Waals surface area contributed by atoms with Crippen LogP contribution in [0.15, 0.2) is 77.9 Å². The molecule has 0 saturated heterocycles. The number of benzene rings is 4. The second-order valence-corrected chi connectivity index (χ2v) is 10.0. The molecule has 0 bridgehead atoms. The molecule has 0 fully saturated rings. The fourth-order valence-corrected chi connectivity index (χ4v) is 4.46. The third-order valence-electron chi connectivity index (χ3n) is 6.68. The molecule has 0 aliphatic carbocycles. The van der Waals surface area contributed by atoms with Gasteiger partial charge < -0.3 is 19.3 Å². The molecule has 7 nitrogen and oxygen atoms in total. The Hall–Kier alpha value is -5.71. The first-order valence-electron chi connectivity index (χ1n) is 13.1. The van der Waals surface area contributed by atoms with Gasteiger partial charge in [-0.25, -0.2) is 0 Å². The van der Waals surface area contributed by atoms with Gasteiger partial charge in [0.2, 0.25) is 0 Å². The lowest BCUT2D eigenvalue weighted by molar-refractivity contribution is 0.112. The minimum atomic E-state index is 0.0831. The van der Waals surface area contributed by atoms with Gasteiger partial charge in [0.25, 0.3) is 0 Å². The van der Waals surface area contributed by atoms with Gasteiger partial charge in [0.15, 0.2) is 6.29 Å². The molecule has 7 heteroatoms. The number of allylic oxidation sites excluding steroid dienone is 1. The van der Waals surface area contributed by atoms with Crippen molar-refractivity contribution in [1.29, 1.82) is 10.5 Å². The van der Waals surface area contributed by atoms with E-state index in [2.05, 4.69) is 35.1 Å². The maximum Gasteiger partial charge on any atom is 0.153 e. The van der Waals surface area contributed by atoms with Crippen molar-refractivity contribution in [3.63, 3.8) is 0 Å². The number of hydrogen-bond donors (Lipinski definition) is 0. The van der Waals surface area contributed by atoms with Crippen LogP contribution >= 0.6 is 0 Å². The Balaban J connectivity index is 0.000000197. The summed E-state index contributed by atoms with van der Waals surface area (Å²) in [6, 6.07) is 23.8. The van der Waals surface area contributed by atoms with Crippen LogP contribution in [0.5, 0.6) is 11.5 Å². The molecule has 0 N–H and O–H groups in total. The second kappa shape index (κ2) is 13.1. The van der Waals surface area contributed by atoms with E-state index >= 15 is 0 Å². The van der Waals surface area contributed by atoms with Gasteiger partial charge in [-0.05, 0) is 87.8 Å². The van der Waals surface area contributed by atoms with Crippen molar-refractivity contribution in [1.82, 2.24) is 0 Å². The number of nitrogens with zero attached hydrogens (tertiary/aromatic N) is 4. The number of hydrogen-bond acceptors (Lipinski definition) is 7. The van der Waals surface area contributed by atoms with Crippen molar-refractivity contribution in [2.24, 2.45) is 0 Å². The Morgan fingerprint density at radius 3 is 2.10 bits per heavy atom. The van der Waals surface area contributed by atoms with Crippen LogP contribution in [0.1, 0.15) is 15.9 Å². The maximum absolute atomic E-state index is 11.1. The van der Waals surface area contributed by atoms with Gasteiger partial charge in [-0.15, -0.1) is 6.42 Å². The molecule has 1 aliphatic rings. The predicted octanol–water partition coefficient (Wildman–Crippen LogP) is 6.39. The van der Waals surface area contributed by atoms with Crippen molar-refractivity contribution >= 4 is 45.3 Å². The van der Waals surface area contributed by atoms with Crippen molar-refractivity contribution < 1.29 is 14.3 Å². The van der Waals surface area contributed by atoms with Crippen molar-refractivity contribution in [2.75, 3.05) is 51.2 Å². The van der Waals surface area contributed by atoms with Gasteiger partial charge in [-0.3, -0.25) is 4.79 Å². The number of nitriles is 2. The molecule has 0 radical (unpaired) electrons. The summed E-state index contributed by atoms with van der Waals surface area (Å²) in [5.41, 5.74) is 4.61.